The normalized spacial score (nSPS) is 22.5. The molecule has 0 aromatic heterocycles. The lowest BCUT2D eigenvalue weighted by Gasteiger charge is -2.37. The first-order chi connectivity index (χ1) is 16.3. The number of imide groups is 2. The Morgan fingerprint density at radius 1 is 1.26 bits per heavy atom. The van der Waals surface area contributed by atoms with Gasteiger partial charge in [-0.1, -0.05) is 17.7 Å². The fraction of sp³-hybridized carbons (Fsp3) is 0.565. The van der Waals surface area contributed by atoms with Crippen molar-refractivity contribution in [3.63, 3.8) is 0 Å². The van der Waals surface area contributed by atoms with Crippen LogP contribution in [0.25, 0.3) is 0 Å². The summed E-state index contributed by atoms with van der Waals surface area (Å²) < 4.78 is 50.1. The molecule has 2 saturated heterocycles. The summed E-state index contributed by atoms with van der Waals surface area (Å²) in [6.07, 6.45) is -2.02. The number of benzene rings is 1. The van der Waals surface area contributed by atoms with Crippen LogP contribution in [-0.4, -0.2) is 63.3 Å². The number of alkyl halides is 1. The minimum Gasteiger partial charge on any atom is -0.598 e. The van der Waals surface area contributed by atoms with Crippen LogP contribution in [0.2, 0.25) is 0 Å². The molecule has 192 valence electrons. The number of rotatable bonds is 7. The zero-order valence-corrected chi connectivity index (χ0v) is 20.7. The molecule has 12 heteroatoms. The lowest BCUT2D eigenvalue weighted by atomic mass is 9.89. The number of carbonyl (C=O) groups excluding carboxylic acids is 4. The van der Waals surface area contributed by atoms with E-state index in [2.05, 4.69) is 4.72 Å². The van der Waals surface area contributed by atoms with Gasteiger partial charge in [-0.05, 0) is 46.6 Å². The van der Waals surface area contributed by atoms with Crippen LogP contribution in [-0.2, 0) is 30.5 Å². The van der Waals surface area contributed by atoms with Crippen molar-refractivity contribution in [2.45, 2.75) is 63.5 Å². The van der Waals surface area contributed by atoms with Crippen molar-refractivity contribution in [2.24, 2.45) is 5.92 Å². The van der Waals surface area contributed by atoms with E-state index in [0.717, 1.165) is 11.0 Å². The van der Waals surface area contributed by atoms with Gasteiger partial charge in [-0.15, -0.1) is 4.72 Å². The highest BCUT2D eigenvalue weighted by Gasteiger charge is 2.51. The summed E-state index contributed by atoms with van der Waals surface area (Å²) in [5, 5.41) is 1.95. The number of ketones is 1. The highest BCUT2D eigenvalue weighted by Crippen LogP contribution is 2.30. The number of nitrogens with one attached hydrogen (secondary N) is 2. The number of halogens is 2. The van der Waals surface area contributed by atoms with Gasteiger partial charge in [-0.2, -0.15) is 0 Å². The van der Waals surface area contributed by atoms with Gasteiger partial charge in [-0.25, -0.2) is 13.6 Å². The first-order valence-electron chi connectivity index (χ1n) is 11.2. The first kappa shape index (κ1) is 27.2. The molecule has 2 heterocycles. The van der Waals surface area contributed by atoms with Crippen LogP contribution in [0.4, 0.5) is 13.6 Å². The summed E-state index contributed by atoms with van der Waals surface area (Å²) in [6, 6.07) is 0.473. The van der Waals surface area contributed by atoms with Crippen LogP contribution in [0.3, 0.4) is 0 Å². The van der Waals surface area contributed by atoms with Gasteiger partial charge >= 0.3 is 6.03 Å². The van der Waals surface area contributed by atoms with E-state index >= 15 is 4.39 Å². The minimum absolute atomic E-state index is 0.274. The summed E-state index contributed by atoms with van der Waals surface area (Å²) in [4.78, 5) is 52.0. The second kappa shape index (κ2) is 10.7. The SMILES string of the molecule is Cc1ccc(F)c([C@H](N[S+]([O-])C(C)(C)C)[C@@H](F)C(=O)[C@@H]2C(=O)NC(=O)N(C3CCOCC3)C2=O)c1. The Labute approximate surface area is 205 Å². The standard InChI is InChI=1S/C23H29F2N3O6S/c1-12-5-6-15(24)14(11-12)18(27-35(33)23(2,3)4)17(25)19(29)16-20(30)26-22(32)28(21(16)31)13-7-9-34-10-8-13/h5-6,11,13,16-18,27H,7-10H2,1-4H3,(H,26,30,32)/t16-,17-,18+,35?/m1/s1. The van der Waals surface area contributed by atoms with Gasteiger partial charge < -0.3 is 9.29 Å². The number of hydrogen-bond donors (Lipinski definition) is 2. The number of carbonyl (C=O) groups is 4. The highest BCUT2D eigenvalue weighted by atomic mass is 32.2. The molecular formula is C23H29F2N3O6S. The second-order valence-electron chi connectivity index (χ2n) is 9.58. The maximum atomic E-state index is 15.8. The third-order valence-corrected chi connectivity index (χ3v) is 7.46. The molecule has 3 rings (SSSR count). The van der Waals surface area contributed by atoms with E-state index in [9.17, 15) is 28.1 Å². The van der Waals surface area contributed by atoms with Crippen molar-refractivity contribution in [3.8, 4) is 0 Å². The van der Waals surface area contributed by atoms with Gasteiger partial charge in [0.1, 0.15) is 16.6 Å². The minimum atomic E-state index is -2.62. The van der Waals surface area contributed by atoms with Crippen LogP contribution < -0.4 is 10.0 Å². The number of ether oxygens (including phenoxy) is 1. The molecule has 2 aliphatic heterocycles. The third kappa shape index (κ3) is 5.88. The molecule has 1 aromatic rings. The third-order valence-electron chi connectivity index (χ3n) is 5.88. The molecule has 1 unspecified atom stereocenters. The number of nitrogens with zero attached hydrogens (tertiary/aromatic N) is 1. The predicted molar refractivity (Wildman–Crippen MR) is 123 cm³/mol. The van der Waals surface area contributed by atoms with Crippen LogP contribution in [0.1, 0.15) is 50.8 Å². The molecule has 0 aliphatic carbocycles. The highest BCUT2D eigenvalue weighted by molar-refractivity contribution is 7.90. The summed E-state index contributed by atoms with van der Waals surface area (Å²) in [5.41, 5.74) is 0.279. The smallest absolute Gasteiger partial charge is 0.331 e. The molecule has 0 bridgehead atoms. The van der Waals surface area contributed by atoms with Crippen molar-refractivity contribution >= 4 is 35.0 Å². The molecule has 9 nitrogen and oxygen atoms in total. The average Bonchev–Trinajstić information content (AvgIpc) is 2.78. The van der Waals surface area contributed by atoms with E-state index in [1.807, 2.05) is 5.32 Å². The number of amides is 4. The quantitative estimate of drug-likeness (QED) is 0.422. The Bertz CT molecular complexity index is 1010. The lowest BCUT2D eigenvalue weighted by Crippen LogP contribution is -2.64. The summed E-state index contributed by atoms with van der Waals surface area (Å²) in [6.45, 7) is 6.98. The van der Waals surface area contributed by atoms with Crippen molar-refractivity contribution in [1.82, 2.24) is 14.9 Å². The topological polar surface area (TPSA) is 128 Å². The van der Waals surface area contributed by atoms with E-state index in [1.165, 1.54) is 12.1 Å². The average molecular weight is 514 g/mol. The molecular weight excluding hydrogens is 484 g/mol. The van der Waals surface area contributed by atoms with E-state index in [-0.39, 0.29) is 18.8 Å². The van der Waals surface area contributed by atoms with Crippen molar-refractivity contribution in [1.29, 1.82) is 0 Å². The summed E-state index contributed by atoms with van der Waals surface area (Å²) in [7, 11) is 0. The Hall–Kier alpha value is -2.41. The molecule has 4 amide bonds. The number of urea groups is 1. The van der Waals surface area contributed by atoms with Crippen LogP contribution in [0.15, 0.2) is 18.2 Å². The Balaban J connectivity index is 1.95. The Morgan fingerprint density at radius 3 is 2.49 bits per heavy atom. The van der Waals surface area contributed by atoms with E-state index in [1.54, 1.807) is 27.7 Å². The van der Waals surface area contributed by atoms with Gasteiger partial charge in [0.25, 0.3) is 5.91 Å². The van der Waals surface area contributed by atoms with E-state index in [4.69, 9.17) is 4.74 Å². The number of hydrogen-bond acceptors (Lipinski definition) is 7. The van der Waals surface area contributed by atoms with Crippen LogP contribution in [0.5, 0.6) is 0 Å². The first-order valence-corrected chi connectivity index (χ1v) is 12.4. The maximum Gasteiger partial charge on any atom is 0.331 e. The van der Waals surface area contributed by atoms with Gasteiger partial charge in [0.2, 0.25) is 5.91 Å². The monoisotopic (exact) mass is 513 g/mol. The molecule has 1 aromatic carbocycles. The molecule has 35 heavy (non-hydrogen) atoms. The van der Waals surface area contributed by atoms with Gasteiger partial charge in [0, 0.05) is 36.2 Å². The molecule has 0 saturated carbocycles. The van der Waals surface area contributed by atoms with E-state index in [0.29, 0.717) is 18.4 Å². The van der Waals surface area contributed by atoms with Crippen LogP contribution >= 0.6 is 0 Å². The second-order valence-corrected chi connectivity index (χ2v) is 11.6. The molecule has 2 aliphatic rings. The molecule has 2 N–H and O–H groups in total. The largest absolute Gasteiger partial charge is 0.598 e. The number of barbiturate groups is 1. The van der Waals surface area contributed by atoms with Gasteiger partial charge in [0.15, 0.2) is 17.9 Å². The molecule has 0 spiro atoms. The van der Waals surface area contributed by atoms with Gasteiger partial charge in [0.05, 0.1) is 0 Å². The molecule has 0 radical (unpaired) electrons. The molecule has 4 atom stereocenters. The Morgan fingerprint density at radius 2 is 1.89 bits per heavy atom. The lowest BCUT2D eigenvalue weighted by molar-refractivity contribution is -0.151. The number of aryl methyl sites for hydroxylation is 1. The summed E-state index contributed by atoms with van der Waals surface area (Å²) in [5.74, 6) is -6.85. The fourth-order valence-electron chi connectivity index (χ4n) is 3.93. The zero-order valence-electron chi connectivity index (χ0n) is 19.9. The predicted octanol–water partition coefficient (Wildman–Crippen LogP) is 2.01. The fourth-order valence-corrected chi connectivity index (χ4v) is 4.76. The number of Topliss-reactive ketones (excluding diaryl/α,β-unsaturated/α-hetero) is 1. The van der Waals surface area contributed by atoms with E-state index < -0.39 is 69.7 Å². The Kier molecular flexibility index (Phi) is 8.30. The molecule has 2 fully saturated rings. The van der Waals surface area contributed by atoms with Crippen molar-refractivity contribution in [3.05, 3.63) is 35.1 Å². The zero-order chi connectivity index (χ0) is 26.1. The van der Waals surface area contributed by atoms with Crippen molar-refractivity contribution < 1.29 is 37.2 Å². The summed E-state index contributed by atoms with van der Waals surface area (Å²) >= 11 is -1.93. The van der Waals surface area contributed by atoms with Crippen LogP contribution in [0, 0.1) is 18.7 Å². The maximum absolute atomic E-state index is 15.8. The van der Waals surface area contributed by atoms with Gasteiger partial charge in [-0.3, -0.25) is 24.6 Å². The van der Waals surface area contributed by atoms with Crippen molar-refractivity contribution in [2.75, 3.05) is 13.2 Å².